The van der Waals surface area contributed by atoms with Gasteiger partial charge in [0.2, 0.25) is 0 Å². The van der Waals surface area contributed by atoms with Crippen LogP contribution in [0.1, 0.15) is 126 Å². The van der Waals surface area contributed by atoms with Gasteiger partial charge in [0.15, 0.2) is 0 Å². The van der Waals surface area contributed by atoms with E-state index in [1.165, 1.54) is 18.2 Å². The van der Waals surface area contributed by atoms with Gasteiger partial charge in [0.1, 0.15) is 11.5 Å². The van der Waals surface area contributed by atoms with Crippen molar-refractivity contribution in [3.05, 3.63) is 130 Å². The van der Waals surface area contributed by atoms with Gasteiger partial charge in [-0.25, -0.2) is 0 Å². The van der Waals surface area contributed by atoms with Gasteiger partial charge in [-0.15, -0.1) is 0 Å². The highest BCUT2D eigenvalue weighted by atomic mass is 16.5. The molecule has 2 atom stereocenters. The van der Waals surface area contributed by atoms with Gasteiger partial charge in [-0.3, -0.25) is 9.59 Å². The van der Waals surface area contributed by atoms with Gasteiger partial charge in [-0.2, -0.15) is 0 Å². The van der Waals surface area contributed by atoms with Gasteiger partial charge >= 0.3 is 11.9 Å². The third kappa shape index (κ3) is 14.1. The Bertz CT molecular complexity index is 1660. The van der Waals surface area contributed by atoms with Crippen molar-refractivity contribution in [2.24, 2.45) is 0 Å². The van der Waals surface area contributed by atoms with Gasteiger partial charge in [-0.05, 0) is 94.2 Å². The first kappa shape index (κ1) is 42.8. The van der Waals surface area contributed by atoms with Crippen molar-refractivity contribution in [1.29, 1.82) is 0 Å². The van der Waals surface area contributed by atoms with E-state index in [-0.39, 0.29) is 22.7 Å². The second-order valence-electron chi connectivity index (χ2n) is 15.8. The molecule has 0 aliphatic heterocycles. The highest BCUT2D eigenvalue weighted by Crippen LogP contribution is 2.29. The number of carbonyl (C=O) groups is 2. The first-order chi connectivity index (χ1) is 25.2. The first-order valence-corrected chi connectivity index (χ1v) is 19.1. The number of methoxy groups -OCH3 is 1. The van der Waals surface area contributed by atoms with Crippen LogP contribution in [-0.4, -0.2) is 37.4 Å². The van der Waals surface area contributed by atoms with Crippen LogP contribution in [0.5, 0.6) is 11.5 Å². The fourth-order valence-electron chi connectivity index (χ4n) is 5.84. The average Bonchev–Trinajstić information content (AvgIpc) is 3.13. The van der Waals surface area contributed by atoms with Crippen molar-refractivity contribution in [3.8, 4) is 11.5 Å². The lowest BCUT2D eigenvalue weighted by Gasteiger charge is -2.21. The monoisotopic (exact) mass is 722 g/mol. The minimum Gasteiger partial charge on any atom is -0.494 e. The molecule has 0 heterocycles. The summed E-state index contributed by atoms with van der Waals surface area (Å²) in [5, 5.41) is 9.69. The van der Waals surface area contributed by atoms with Crippen LogP contribution in [0.4, 0.5) is 0 Å². The normalized spacial score (nSPS) is 12.5. The van der Waals surface area contributed by atoms with Crippen LogP contribution in [0.3, 0.4) is 0 Å². The van der Waals surface area contributed by atoms with E-state index in [2.05, 4.69) is 67.5 Å². The number of benzene rings is 4. The quantitative estimate of drug-likeness (QED) is 0.0916. The van der Waals surface area contributed by atoms with E-state index in [1.54, 1.807) is 0 Å². The Kier molecular flexibility index (Phi) is 16.7. The molecular weight excluding hydrogens is 661 g/mol. The molecule has 2 unspecified atom stereocenters. The maximum absolute atomic E-state index is 12.4. The number of unbranched alkanes of at least 4 members (excludes halogenated alkanes) is 2. The fourth-order valence-corrected chi connectivity index (χ4v) is 5.84. The van der Waals surface area contributed by atoms with Crippen molar-refractivity contribution in [3.63, 3.8) is 0 Å². The van der Waals surface area contributed by atoms with Gasteiger partial charge < -0.3 is 19.3 Å². The van der Waals surface area contributed by atoms with Crippen molar-refractivity contribution >= 4 is 11.9 Å². The molecule has 6 heteroatoms. The summed E-state index contributed by atoms with van der Waals surface area (Å²) < 4.78 is 16.4. The zero-order chi connectivity index (χ0) is 39.0. The number of hydrogen-bond acceptors (Lipinski definition) is 5. The van der Waals surface area contributed by atoms with E-state index in [9.17, 15) is 14.7 Å². The maximum atomic E-state index is 12.4. The minimum atomic E-state index is -0.795. The molecule has 0 aliphatic carbocycles. The summed E-state index contributed by atoms with van der Waals surface area (Å²) in [6.07, 6.45) is 5.39. The smallest absolute Gasteiger partial charge is 0.313 e. The number of carbonyl (C=O) groups excluding carboxylic acids is 1. The molecule has 1 N–H and O–H groups in total. The lowest BCUT2D eigenvalue weighted by atomic mass is 9.84. The summed E-state index contributed by atoms with van der Waals surface area (Å²) in [5.74, 6) is -0.148. The number of aliphatic carboxylic acids is 1. The van der Waals surface area contributed by atoms with Crippen LogP contribution in [-0.2, 0) is 38.0 Å². The number of esters is 1. The number of hydrogen-bond donors (Lipinski definition) is 1. The lowest BCUT2D eigenvalue weighted by molar-refractivity contribution is -0.142. The van der Waals surface area contributed by atoms with Crippen LogP contribution >= 0.6 is 0 Å². The van der Waals surface area contributed by atoms with E-state index in [1.807, 2.05) is 84.9 Å². The standard InChI is InChI=1S/C24H32O3.C23H30O3/c1-6-7-16-27-21-14-8-18(9-15-21)17-22(23(25)26-5)19-10-12-20(13-11-19)24(2,3)4;1-5-6-15-26-20-13-7-17(8-14-20)16-21(22(24)25)18-9-11-19(12-10-18)23(2,3)4/h8-15,22H,6-7,16-17H2,1-5H3;7-14,21H,5-6,15-16H2,1-4H3,(H,24,25). The Labute approximate surface area is 318 Å². The molecule has 0 aromatic heterocycles. The highest BCUT2D eigenvalue weighted by Gasteiger charge is 2.24. The van der Waals surface area contributed by atoms with E-state index < -0.39 is 11.9 Å². The van der Waals surface area contributed by atoms with Gasteiger partial charge in [0.05, 0.1) is 32.2 Å². The van der Waals surface area contributed by atoms with Crippen LogP contribution < -0.4 is 9.47 Å². The molecule has 0 saturated carbocycles. The predicted octanol–water partition coefficient (Wildman–Crippen LogP) is 11.2. The summed E-state index contributed by atoms with van der Waals surface area (Å²) >= 11 is 0. The van der Waals surface area contributed by atoms with Crippen LogP contribution in [0.25, 0.3) is 0 Å². The summed E-state index contributed by atoms with van der Waals surface area (Å²) in [4.78, 5) is 24.2. The second-order valence-corrected chi connectivity index (χ2v) is 15.8. The van der Waals surface area contributed by atoms with Crippen molar-refractivity contribution < 1.29 is 28.9 Å². The molecule has 0 amide bonds. The minimum absolute atomic E-state index is 0.0604. The van der Waals surface area contributed by atoms with Crippen LogP contribution in [0.15, 0.2) is 97.1 Å². The molecule has 53 heavy (non-hydrogen) atoms. The van der Waals surface area contributed by atoms with E-state index in [4.69, 9.17) is 14.2 Å². The van der Waals surface area contributed by atoms with Gasteiger partial charge in [0, 0.05) is 0 Å². The Balaban J connectivity index is 0.000000286. The van der Waals surface area contributed by atoms with E-state index >= 15 is 0 Å². The topological polar surface area (TPSA) is 82.1 Å². The van der Waals surface area contributed by atoms with Crippen molar-refractivity contribution in [2.45, 2.75) is 117 Å². The van der Waals surface area contributed by atoms with Crippen molar-refractivity contribution in [2.75, 3.05) is 20.3 Å². The molecule has 4 aromatic rings. The number of carboxylic acids is 1. The molecule has 0 spiro atoms. The Morgan fingerprint density at radius 3 is 1.25 bits per heavy atom. The highest BCUT2D eigenvalue weighted by molar-refractivity contribution is 5.78. The average molecular weight is 723 g/mol. The summed E-state index contributed by atoms with van der Waals surface area (Å²) in [7, 11) is 1.45. The molecule has 286 valence electrons. The third-order valence-corrected chi connectivity index (χ3v) is 9.40. The maximum Gasteiger partial charge on any atom is 0.313 e. The number of ether oxygens (including phenoxy) is 3. The zero-order valence-electron chi connectivity index (χ0n) is 33.5. The van der Waals surface area contributed by atoms with Gasteiger partial charge in [-0.1, -0.05) is 141 Å². The second kappa shape index (κ2) is 20.6. The van der Waals surface area contributed by atoms with E-state index in [0.717, 1.165) is 66.0 Å². The molecule has 0 fully saturated rings. The Morgan fingerprint density at radius 2 is 0.925 bits per heavy atom. The predicted molar refractivity (Wildman–Crippen MR) is 217 cm³/mol. The summed E-state index contributed by atoms with van der Waals surface area (Å²) in [6, 6.07) is 32.0. The molecule has 0 radical (unpaired) electrons. The fraction of sp³-hybridized carbons (Fsp3) is 0.447. The molecule has 0 saturated heterocycles. The molecule has 4 rings (SSSR count). The molecular formula is C47H62O6. The summed E-state index contributed by atoms with van der Waals surface area (Å²) in [6.45, 7) is 18.7. The Morgan fingerprint density at radius 1 is 0.566 bits per heavy atom. The molecule has 0 aliphatic rings. The van der Waals surface area contributed by atoms with Crippen LogP contribution in [0.2, 0.25) is 0 Å². The van der Waals surface area contributed by atoms with Crippen LogP contribution in [0, 0.1) is 0 Å². The van der Waals surface area contributed by atoms with Gasteiger partial charge in [0.25, 0.3) is 0 Å². The first-order valence-electron chi connectivity index (χ1n) is 19.1. The zero-order valence-corrected chi connectivity index (χ0v) is 33.5. The third-order valence-electron chi connectivity index (χ3n) is 9.40. The largest absolute Gasteiger partial charge is 0.494 e. The van der Waals surface area contributed by atoms with Crippen molar-refractivity contribution in [1.82, 2.24) is 0 Å². The lowest BCUT2D eigenvalue weighted by Crippen LogP contribution is -2.17. The number of carboxylic acid groups (broad SMARTS) is 1. The molecule has 0 bridgehead atoms. The molecule has 4 aromatic carbocycles. The Hall–Kier alpha value is -4.58. The van der Waals surface area contributed by atoms with E-state index in [0.29, 0.717) is 19.4 Å². The number of rotatable bonds is 16. The molecule has 6 nitrogen and oxygen atoms in total. The summed E-state index contributed by atoms with van der Waals surface area (Å²) in [5.41, 5.74) is 6.53. The SMILES string of the molecule is CCCCOc1ccc(CC(C(=O)O)c2ccc(C(C)(C)C)cc2)cc1.CCCCOc1ccc(CC(C(=O)OC)c2ccc(C(C)(C)C)cc2)cc1.